The number of halogens is 1. The first-order valence-electron chi connectivity index (χ1n) is 5.97. The molecule has 0 aliphatic carbocycles. The summed E-state index contributed by atoms with van der Waals surface area (Å²) in [5.41, 5.74) is 0. The van der Waals surface area contributed by atoms with Crippen molar-refractivity contribution >= 4 is 34.9 Å². The van der Waals surface area contributed by atoms with Gasteiger partial charge in [0.2, 0.25) is 0 Å². The van der Waals surface area contributed by atoms with E-state index in [-0.39, 0.29) is 18.5 Å². The molecule has 1 aromatic heterocycles. The molecule has 19 heavy (non-hydrogen) atoms. The lowest BCUT2D eigenvalue weighted by Gasteiger charge is -2.16. The molecular weight excluding hydrogens is 288 g/mol. The van der Waals surface area contributed by atoms with E-state index in [2.05, 4.69) is 5.32 Å². The molecule has 104 valence electrons. The Morgan fingerprint density at radius 2 is 2.26 bits per heavy atom. The highest BCUT2D eigenvalue weighted by molar-refractivity contribution is 7.16. The van der Waals surface area contributed by atoms with Crippen molar-refractivity contribution in [3.05, 3.63) is 21.3 Å². The van der Waals surface area contributed by atoms with Crippen LogP contribution in [-0.4, -0.2) is 35.1 Å². The van der Waals surface area contributed by atoms with Gasteiger partial charge in [0.15, 0.2) is 0 Å². The van der Waals surface area contributed by atoms with Crippen LogP contribution in [0, 0.1) is 11.8 Å². The number of nitrogens with zero attached hydrogens (tertiary/aromatic N) is 1. The highest BCUT2D eigenvalue weighted by Crippen LogP contribution is 2.24. The molecule has 2 heterocycles. The lowest BCUT2D eigenvalue weighted by Crippen LogP contribution is -2.38. The molecule has 1 fully saturated rings. The van der Waals surface area contributed by atoms with Crippen molar-refractivity contribution in [2.75, 3.05) is 13.1 Å². The third-order valence-electron chi connectivity index (χ3n) is 3.26. The van der Waals surface area contributed by atoms with E-state index in [1.165, 1.54) is 11.3 Å². The monoisotopic (exact) mass is 302 g/mol. The molecule has 2 rings (SSSR count). The highest BCUT2D eigenvalue weighted by atomic mass is 35.5. The van der Waals surface area contributed by atoms with Crippen molar-refractivity contribution < 1.29 is 14.7 Å². The number of likely N-dealkylation sites (tertiary alicyclic amines) is 1. The Morgan fingerprint density at radius 3 is 2.79 bits per heavy atom. The Kier molecular flexibility index (Phi) is 4.31. The number of thiophene rings is 1. The van der Waals surface area contributed by atoms with E-state index < -0.39 is 11.9 Å². The largest absolute Gasteiger partial charge is 0.481 e. The SMILES string of the molecule is CC1CN(C(=O)NCc2ccc(Cl)s2)CC1C(=O)O. The van der Waals surface area contributed by atoms with Gasteiger partial charge in [0, 0.05) is 18.0 Å². The molecule has 2 atom stereocenters. The molecule has 0 aromatic carbocycles. The number of hydrogen-bond donors (Lipinski definition) is 2. The summed E-state index contributed by atoms with van der Waals surface area (Å²) in [5.74, 6) is -1.32. The lowest BCUT2D eigenvalue weighted by atomic mass is 9.99. The fraction of sp³-hybridized carbons (Fsp3) is 0.500. The number of amides is 2. The van der Waals surface area contributed by atoms with Crippen LogP contribution in [-0.2, 0) is 11.3 Å². The maximum Gasteiger partial charge on any atom is 0.317 e. The Balaban J connectivity index is 1.86. The maximum atomic E-state index is 11.9. The number of carbonyl (C=O) groups is 2. The van der Waals surface area contributed by atoms with Crippen molar-refractivity contribution in [1.29, 1.82) is 0 Å². The molecule has 2 unspecified atom stereocenters. The van der Waals surface area contributed by atoms with Gasteiger partial charge in [0.05, 0.1) is 16.8 Å². The van der Waals surface area contributed by atoms with Crippen LogP contribution < -0.4 is 5.32 Å². The van der Waals surface area contributed by atoms with Crippen molar-refractivity contribution in [2.24, 2.45) is 11.8 Å². The summed E-state index contributed by atoms with van der Waals surface area (Å²) < 4.78 is 0.685. The second-order valence-electron chi connectivity index (χ2n) is 4.69. The molecule has 5 nitrogen and oxygen atoms in total. The number of hydrogen-bond acceptors (Lipinski definition) is 3. The number of carboxylic acid groups (broad SMARTS) is 1. The normalized spacial score (nSPS) is 22.5. The minimum Gasteiger partial charge on any atom is -0.481 e. The van der Waals surface area contributed by atoms with Gasteiger partial charge in [-0.3, -0.25) is 4.79 Å². The number of nitrogens with one attached hydrogen (secondary N) is 1. The second-order valence-corrected chi connectivity index (χ2v) is 6.49. The van der Waals surface area contributed by atoms with E-state index >= 15 is 0 Å². The summed E-state index contributed by atoms with van der Waals surface area (Å²) >= 11 is 7.22. The van der Waals surface area contributed by atoms with Crippen LogP contribution in [0.15, 0.2) is 12.1 Å². The van der Waals surface area contributed by atoms with Crippen molar-refractivity contribution in [3.63, 3.8) is 0 Å². The number of aliphatic carboxylic acids is 1. The predicted molar refractivity (Wildman–Crippen MR) is 73.4 cm³/mol. The first-order chi connectivity index (χ1) is 8.97. The van der Waals surface area contributed by atoms with Gasteiger partial charge in [0.25, 0.3) is 0 Å². The third-order valence-corrected chi connectivity index (χ3v) is 4.49. The molecule has 1 aliphatic heterocycles. The fourth-order valence-corrected chi connectivity index (χ4v) is 3.20. The van der Waals surface area contributed by atoms with Crippen LogP contribution in [0.5, 0.6) is 0 Å². The average molecular weight is 303 g/mol. The van der Waals surface area contributed by atoms with Gasteiger partial charge in [-0.05, 0) is 18.1 Å². The predicted octanol–water partition coefficient (Wildman–Crippen LogP) is 2.26. The molecular formula is C12H15ClN2O3S. The van der Waals surface area contributed by atoms with Crippen LogP contribution in [0.3, 0.4) is 0 Å². The van der Waals surface area contributed by atoms with Gasteiger partial charge in [-0.25, -0.2) is 4.79 Å². The minimum atomic E-state index is -0.840. The van der Waals surface area contributed by atoms with Crippen molar-refractivity contribution in [2.45, 2.75) is 13.5 Å². The Labute approximate surface area is 120 Å². The van der Waals surface area contributed by atoms with E-state index in [4.69, 9.17) is 16.7 Å². The Morgan fingerprint density at radius 1 is 1.53 bits per heavy atom. The molecule has 0 bridgehead atoms. The van der Waals surface area contributed by atoms with E-state index in [1.807, 2.05) is 13.0 Å². The maximum absolute atomic E-state index is 11.9. The van der Waals surface area contributed by atoms with Gasteiger partial charge in [-0.1, -0.05) is 18.5 Å². The van der Waals surface area contributed by atoms with Gasteiger partial charge in [-0.15, -0.1) is 11.3 Å². The first kappa shape index (κ1) is 14.1. The van der Waals surface area contributed by atoms with E-state index in [0.29, 0.717) is 17.4 Å². The van der Waals surface area contributed by atoms with Crippen LogP contribution in [0.2, 0.25) is 4.34 Å². The van der Waals surface area contributed by atoms with Crippen LogP contribution in [0.1, 0.15) is 11.8 Å². The standard InChI is InChI=1S/C12H15ClN2O3S/c1-7-5-15(6-9(7)11(16)17)12(18)14-4-8-2-3-10(13)19-8/h2-3,7,9H,4-6H2,1H3,(H,14,18)(H,16,17). The Bertz CT molecular complexity index is 491. The summed E-state index contributed by atoms with van der Waals surface area (Å²) in [6, 6.07) is 3.42. The van der Waals surface area contributed by atoms with E-state index in [1.54, 1.807) is 11.0 Å². The van der Waals surface area contributed by atoms with Crippen LogP contribution >= 0.6 is 22.9 Å². The summed E-state index contributed by atoms with van der Waals surface area (Å²) in [5, 5.41) is 11.8. The average Bonchev–Trinajstić information content (AvgIpc) is 2.92. The molecule has 0 saturated carbocycles. The third kappa shape index (κ3) is 3.39. The smallest absolute Gasteiger partial charge is 0.317 e. The summed E-state index contributed by atoms with van der Waals surface area (Å²) in [6.07, 6.45) is 0. The zero-order chi connectivity index (χ0) is 14.0. The number of carbonyl (C=O) groups excluding carboxylic acids is 1. The van der Waals surface area contributed by atoms with Crippen molar-refractivity contribution in [3.8, 4) is 0 Å². The Hall–Kier alpha value is -1.27. The number of carboxylic acids is 1. The van der Waals surface area contributed by atoms with Crippen molar-refractivity contribution in [1.82, 2.24) is 10.2 Å². The lowest BCUT2D eigenvalue weighted by molar-refractivity contribution is -0.142. The van der Waals surface area contributed by atoms with E-state index in [0.717, 1.165) is 4.88 Å². The number of urea groups is 1. The quantitative estimate of drug-likeness (QED) is 0.900. The number of rotatable bonds is 3. The molecule has 2 N–H and O–H groups in total. The van der Waals surface area contributed by atoms with Crippen LogP contribution in [0.4, 0.5) is 4.79 Å². The molecule has 7 heteroatoms. The zero-order valence-electron chi connectivity index (χ0n) is 10.4. The second kappa shape index (κ2) is 5.79. The zero-order valence-corrected chi connectivity index (χ0v) is 12.0. The van der Waals surface area contributed by atoms with E-state index in [9.17, 15) is 9.59 Å². The molecule has 1 aromatic rings. The summed E-state index contributed by atoms with van der Waals surface area (Å²) in [4.78, 5) is 25.5. The topological polar surface area (TPSA) is 69.6 Å². The summed E-state index contributed by atoms with van der Waals surface area (Å²) in [6.45, 7) is 3.02. The molecule has 1 aliphatic rings. The van der Waals surface area contributed by atoms with Gasteiger partial charge in [0.1, 0.15) is 0 Å². The van der Waals surface area contributed by atoms with Crippen LogP contribution in [0.25, 0.3) is 0 Å². The molecule has 0 spiro atoms. The fourth-order valence-electron chi connectivity index (χ4n) is 2.18. The first-order valence-corrected chi connectivity index (χ1v) is 7.16. The summed E-state index contributed by atoms with van der Waals surface area (Å²) in [7, 11) is 0. The molecule has 2 amide bonds. The van der Waals surface area contributed by atoms with Gasteiger partial charge < -0.3 is 15.3 Å². The minimum absolute atomic E-state index is 0.0144. The molecule has 0 radical (unpaired) electrons. The van der Waals surface area contributed by atoms with Gasteiger partial charge >= 0.3 is 12.0 Å². The molecule has 1 saturated heterocycles. The van der Waals surface area contributed by atoms with Gasteiger partial charge in [-0.2, -0.15) is 0 Å². The highest BCUT2D eigenvalue weighted by Gasteiger charge is 2.36.